The molecule has 0 saturated heterocycles. The predicted molar refractivity (Wildman–Crippen MR) is 67.7 cm³/mol. The first-order valence-corrected chi connectivity index (χ1v) is 6.62. The molecule has 3 nitrogen and oxygen atoms in total. The lowest BCUT2D eigenvalue weighted by atomic mass is 9.68. The maximum Gasteiger partial charge on any atom is 0.309 e. The minimum absolute atomic E-state index is 0.0198. The Morgan fingerprint density at radius 3 is 2.71 bits per heavy atom. The van der Waals surface area contributed by atoms with Crippen LogP contribution in [0.2, 0.25) is 0 Å². The molecule has 2 atom stereocenters. The third-order valence-corrected chi connectivity index (χ3v) is 3.85. The fourth-order valence-corrected chi connectivity index (χ4v) is 2.73. The van der Waals surface area contributed by atoms with Gasteiger partial charge in [0.05, 0.1) is 12.5 Å². The molecule has 0 spiro atoms. The van der Waals surface area contributed by atoms with E-state index in [9.17, 15) is 4.79 Å². The van der Waals surface area contributed by atoms with Gasteiger partial charge in [-0.1, -0.05) is 27.2 Å². The predicted octanol–water partition coefficient (Wildman–Crippen LogP) is 3.03. The Morgan fingerprint density at radius 2 is 2.12 bits per heavy atom. The van der Waals surface area contributed by atoms with Crippen LogP contribution < -0.4 is 0 Å². The van der Waals surface area contributed by atoms with Gasteiger partial charge in [-0.3, -0.25) is 4.79 Å². The molecule has 1 rings (SSSR count). The summed E-state index contributed by atoms with van der Waals surface area (Å²) in [6.07, 6.45) is 4.79. The molecular formula is C14H26O3. The molecule has 1 fully saturated rings. The van der Waals surface area contributed by atoms with Gasteiger partial charge in [0.25, 0.3) is 0 Å². The summed E-state index contributed by atoms with van der Waals surface area (Å²) in [5.41, 5.74) is 0.379. The number of esters is 1. The van der Waals surface area contributed by atoms with Gasteiger partial charge in [0.1, 0.15) is 6.61 Å². The molecule has 17 heavy (non-hydrogen) atoms. The lowest BCUT2D eigenvalue weighted by Gasteiger charge is -2.37. The van der Waals surface area contributed by atoms with Crippen molar-refractivity contribution < 1.29 is 14.3 Å². The molecule has 3 heteroatoms. The Hall–Kier alpha value is -0.570. The molecule has 0 heterocycles. The first kappa shape index (κ1) is 14.5. The molecule has 2 unspecified atom stereocenters. The second-order valence-corrected chi connectivity index (χ2v) is 5.97. The number of rotatable bonds is 5. The van der Waals surface area contributed by atoms with Crippen LogP contribution in [0, 0.1) is 17.3 Å². The van der Waals surface area contributed by atoms with Gasteiger partial charge in [-0.25, -0.2) is 0 Å². The number of methoxy groups -OCH3 is 1. The highest BCUT2D eigenvalue weighted by atomic mass is 16.6. The van der Waals surface area contributed by atoms with E-state index in [1.165, 1.54) is 12.8 Å². The molecule has 0 aliphatic heterocycles. The smallest absolute Gasteiger partial charge is 0.309 e. The fraction of sp³-hybridized carbons (Fsp3) is 0.929. The summed E-state index contributed by atoms with van der Waals surface area (Å²) in [6.45, 7) is 7.44. The van der Waals surface area contributed by atoms with E-state index < -0.39 is 0 Å². The molecule has 0 aromatic rings. The quantitative estimate of drug-likeness (QED) is 0.549. The number of hydrogen-bond donors (Lipinski definition) is 0. The van der Waals surface area contributed by atoms with E-state index in [0.29, 0.717) is 24.5 Å². The van der Waals surface area contributed by atoms with Gasteiger partial charge in [0.15, 0.2) is 0 Å². The molecule has 1 aliphatic carbocycles. The van der Waals surface area contributed by atoms with E-state index in [4.69, 9.17) is 9.47 Å². The van der Waals surface area contributed by atoms with Crippen LogP contribution in [0.5, 0.6) is 0 Å². The lowest BCUT2D eigenvalue weighted by Crippen LogP contribution is -2.31. The van der Waals surface area contributed by atoms with Crippen LogP contribution >= 0.6 is 0 Å². The zero-order valence-electron chi connectivity index (χ0n) is 11.6. The van der Waals surface area contributed by atoms with Gasteiger partial charge in [0, 0.05) is 7.11 Å². The Kier molecular flexibility index (Phi) is 5.44. The van der Waals surface area contributed by atoms with E-state index in [2.05, 4.69) is 13.8 Å². The molecule has 0 amide bonds. The summed E-state index contributed by atoms with van der Waals surface area (Å²) >= 11 is 0. The number of carbonyl (C=O) groups excluding carboxylic acids is 1. The van der Waals surface area contributed by atoms with Gasteiger partial charge >= 0.3 is 5.97 Å². The second kappa shape index (κ2) is 6.39. The number of ether oxygens (including phenoxy) is 2. The molecule has 1 saturated carbocycles. The van der Waals surface area contributed by atoms with E-state index in [1.807, 2.05) is 6.92 Å². The van der Waals surface area contributed by atoms with Gasteiger partial charge in [-0.2, -0.15) is 0 Å². The molecule has 0 aromatic heterocycles. The van der Waals surface area contributed by atoms with Gasteiger partial charge in [-0.15, -0.1) is 0 Å². The molecule has 0 N–H and O–H groups in total. The van der Waals surface area contributed by atoms with Crippen molar-refractivity contribution >= 4 is 5.97 Å². The highest BCUT2D eigenvalue weighted by Gasteiger charge is 2.34. The Labute approximate surface area is 105 Å². The van der Waals surface area contributed by atoms with Gasteiger partial charge in [-0.05, 0) is 30.6 Å². The maximum atomic E-state index is 11.9. The second-order valence-electron chi connectivity index (χ2n) is 5.97. The van der Waals surface area contributed by atoms with Crippen molar-refractivity contribution in [1.29, 1.82) is 0 Å². The Bertz CT molecular complexity index is 248. The van der Waals surface area contributed by atoms with Crippen LogP contribution in [0.4, 0.5) is 0 Å². The van der Waals surface area contributed by atoms with E-state index in [-0.39, 0.29) is 11.9 Å². The van der Waals surface area contributed by atoms with Gasteiger partial charge < -0.3 is 9.47 Å². The van der Waals surface area contributed by atoms with Crippen LogP contribution in [0.25, 0.3) is 0 Å². The standard InChI is InChI=1S/C14H26O3/c1-11(13(15)17-9-8-16-4)12-6-5-7-14(2,3)10-12/h11-12H,5-10H2,1-4H3. The van der Waals surface area contributed by atoms with Crippen LogP contribution in [0.3, 0.4) is 0 Å². The molecular weight excluding hydrogens is 216 g/mol. The largest absolute Gasteiger partial charge is 0.463 e. The summed E-state index contributed by atoms with van der Waals surface area (Å²) in [5.74, 6) is 0.435. The number of carbonyl (C=O) groups is 1. The van der Waals surface area contributed by atoms with E-state index >= 15 is 0 Å². The van der Waals surface area contributed by atoms with Crippen LogP contribution in [0.15, 0.2) is 0 Å². The summed E-state index contributed by atoms with van der Waals surface area (Å²) in [6, 6.07) is 0. The van der Waals surface area contributed by atoms with Crippen LogP contribution in [0.1, 0.15) is 46.5 Å². The minimum atomic E-state index is -0.0650. The van der Waals surface area contributed by atoms with Crippen molar-refractivity contribution in [2.75, 3.05) is 20.3 Å². The first-order valence-electron chi connectivity index (χ1n) is 6.62. The monoisotopic (exact) mass is 242 g/mol. The summed E-state index contributed by atoms with van der Waals surface area (Å²) < 4.78 is 10.1. The van der Waals surface area contributed by atoms with E-state index in [1.54, 1.807) is 7.11 Å². The summed E-state index contributed by atoms with van der Waals surface area (Å²) in [5, 5.41) is 0. The molecule has 0 radical (unpaired) electrons. The highest BCUT2D eigenvalue weighted by Crippen LogP contribution is 2.41. The molecule has 100 valence electrons. The topological polar surface area (TPSA) is 35.5 Å². The fourth-order valence-electron chi connectivity index (χ4n) is 2.73. The van der Waals surface area contributed by atoms with Crippen molar-refractivity contribution in [3.05, 3.63) is 0 Å². The summed E-state index contributed by atoms with van der Waals surface area (Å²) in [7, 11) is 1.61. The first-order chi connectivity index (χ1) is 7.96. The van der Waals surface area contributed by atoms with Crippen LogP contribution in [-0.2, 0) is 14.3 Å². The molecule has 1 aliphatic rings. The van der Waals surface area contributed by atoms with Gasteiger partial charge in [0.2, 0.25) is 0 Å². The normalized spacial score (nSPS) is 25.3. The maximum absolute atomic E-state index is 11.9. The average molecular weight is 242 g/mol. The average Bonchev–Trinajstić information content (AvgIpc) is 2.27. The highest BCUT2D eigenvalue weighted by molar-refractivity contribution is 5.72. The minimum Gasteiger partial charge on any atom is -0.463 e. The van der Waals surface area contributed by atoms with Crippen molar-refractivity contribution in [2.24, 2.45) is 17.3 Å². The Morgan fingerprint density at radius 1 is 1.41 bits per heavy atom. The molecule has 0 bridgehead atoms. The Balaban J connectivity index is 2.40. The van der Waals surface area contributed by atoms with E-state index in [0.717, 1.165) is 12.8 Å². The van der Waals surface area contributed by atoms with Crippen molar-refractivity contribution in [3.63, 3.8) is 0 Å². The van der Waals surface area contributed by atoms with Crippen molar-refractivity contribution in [3.8, 4) is 0 Å². The zero-order valence-corrected chi connectivity index (χ0v) is 11.6. The van der Waals surface area contributed by atoms with Crippen molar-refractivity contribution in [2.45, 2.75) is 46.5 Å². The lowest BCUT2D eigenvalue weighted by molar-refractivity contribution is -0.152. The molecule has 0 aromatic carbocycles. The van der Waals surface area contributed by atoms with Crippen molar-refractivity contribution in [1.82, 2.24) is 0 Å². The van der Waals surface area contributed by atoms with Crippen LogP contribution in [-0.4, -0.2) is 26.3 Å². The third kappa shape index (κ3) is 4.66. The SMILES string of the molecule is COCCOC(=O)C(C)C1CCCC(C)(C)C1. The third-order valence-electron chi connectivity index (χ3n) is 3.85. The zero-order chi connectivity index (χ0) is 12.9. The summed E-state index contributed by atoms with van der Waals surface area (Å²) in [4.78, 5) is 11.9. The number of hydrogen-bond acceptors (Lipinski definition) is 3.